The summed E-state index contributed by atoms with van der Waals surface area (Å²) in [5.41, 5.74) is 0. The van der Waals surface area contributed by atoms with Gasteiger partial charge in [0.1, 0.15) is 0 Å². The summed E-state index contributed by atoms with van der Waals surface area (Å²) in [5, 5.41) is 6.53. The highest BCUT2D eigenvalue weighted by molar-refractivity contribution is 5.36. The van der Waals surface area contributed by atoms with Crippen LogP contribution in [-0.4, -0.2) is 34.1 Å². The van der Waals surface area contributed by atoms with Crippen molar-refractivity contribution in [3.05, 3.63) is 0 Å². The van der Waals surface area contributed by atoms with E-state index in [1.54, 1.807) is 0 Å². The molecule has 6 nitrogen and oxygen atoms in total. The predicted molar refractivity (Wildman–Crippen MR) is 80.3 cm³/mol. The second-order valence-corrected chi connectivity index (χ2v) is 5.12. The van der Waals surface area contributed by atoms with Crippen LogP contribution in [0.4, 0.5) is 11.9 Å². The van der Waals surface area contributed by atoms with Crippen molar-refractivity contribution >= 4 is 11.9 Å². The van der Waals surface area contributed by atoms with Crippen molar-refractivity contribution in [2.75, 3.05) is 23.8 Å². The number of hydrogen-bond donors (Lipinski definition) is 2. The first-order valence-electron chi connectivity index (χ1n) is 7.71. The quantitative estimate of drug-likeness (QED) is 0.799. The van der Waals surface area contributed by atoms with Crippen LogP contribution in [-0.2, 0) is 0 Å². The zero-order chi connectivity index (χ0) is 14.2. The van der Waals surface area contributed by atoms with Crippen LogP contribution in [0.5, 0.6) is 6.01 Å². The summed E-state index contributed by atoms with van der Waals surface area (Å²) in [5.74, 6) is 1.20. The zero-order valence-corrected chi connectivity index (χ0v) is 12.5. The third kappa shape index (κ3) is 4.51. The van der Waals surface area contributed by atoms with E-state index in [9.17, 15) is 0 Å². The van der Waals surface area contributed by atoms with Gasteiger partial charge in [-0.15, -0.1) is 0 Å². The van der Waals surface area contributed by atoms with E-state index in [2.05, 4.69) is 32.5 Å². The number of nitrogens with zero attached hydrogens (tertiary/aromatic N) is 3. The molecule has 1 aromatic heterocycles. The van der Waals surface area contributed by atoms with Crippen LogP contribution >= 0.6 is 0 Å². The van der Waals surface area contributed by atoms with Gasteiger partial charge in [-0.2, -0.15) is 15.0 Å². The largest absolute Gasteiger partial charge is 0.463 e. The lowest BCUT2D eigenvalue weighted by molar-refractivity contribution is 0.292. The third-order valence-electron chi connectivity index (χ3n) is 3.32. The molecule has 0 aliphatic heterocycles. The molecule has 0 aromatic carbocycles. The highest BCUT2D eigenvalue weighted by Gasteiger charge is 2.15. The Morgan fingerprint density at radius 3 is 2.50 bits per heavy atom. The number of hydrogen-bond acceptors (Lipinski definition) is 6. The van der Waals surface area contributed by atoms with Crippen molar-refractivity contribution in [1.82, 2.24) is 15.0 Å². The highest BCUT2D eigenvalue weighted by atomic mass is 16.5. The van der Waals surface area contributed by atoms with Crippen LogP contribution < -0.4 is 15.4 Å². The van der Waals surface area contributed by atoms with E-state index in [1.165, 1.54) is 32.1 Å². The van der Waals surface area contributed by atoms with E-state index in [0.717, 1.165) is 13.0 Å². The lowest BCUT2D eigenvalue weighted by Crippen LogP contribution is -2.24. The first-order valence-corrected chi connectivity index (χ1v) is 7.71. The van der Waals surface area contributed by atoms with Crippen LogP contribution in [0.15, 0.2) is 0 Å². The molecule has 20 heavy (non-hydrogen) atoms. The second kappa shape index (κ2) is 7.87. The number of anilines is 2. The standard InChI is InChI=1S/C14H25N5O/c1-3-10-20-14-18-12(15-4-2)17-13(19-14)16-11-8-6-5-7-9-11/h11H,3-10H2,1-2H3,(H2,15,16,17,18,19). The van der Waals surface area contributed by atoms with E-state index in [0.29, 0.717) is 30.6 Å². The van der Waals surface area contributed by atoms with Crippen molar-refractivity contribution < 1.29 is 4.74 Å². The molecule has 1 aliphatic rings. The molecular formula is C14H25N5O. The molecule has 2 rings (SSSR count). The van der Waals surface area contributed by atoms with Gasteiger partial charge < -0.3 is 15.4 Å². The fraction of sp³-hybridized carbons (Fsp3) is 0.786. The zero-order valence-electron chi connectivity index (χ0n) is 12.5. The highest BCUT2D eigenvalue weighted by Crippen LogP contribution is 2.21. The third-order valence-corrected chi connectivity index (χ3v) is 3.32. The Kier molecular flexibility index (Phi) is 5.83. The van der Waals surface area contributed by atoms with Crippen molar-refractivity contribution in [3.8, 4) is 6.01 Å². The van der Waals surface area contributed by atoms with Crippen molar-refractivity contribution in [1.29, 1.82) is 0 Å². The van der Waals surface area contributed by atoms with Gasteiger partial charge in [-0.25, -0.2) is 0 Å². The van der Waals surface area contributed by atoms with Crippen LogP contribution in [0.2, 0.25) is 0 Å². The Bertz CT molecular complexity index is 407. The molecule has 0 amide bonds. The Morgan fingerprint density at radius 2 is 1.80 bits per heavy atom. The average Bonchev–Trinajstić information content (AvgIpc) is 2.46. The summed E-state index contributed by atoms with van der Waals surface area (Å²) >= 11 is 0. The fourth-order valence-electron chi connectivity index (χ4n) is 2.35. The van der Waals surface area contributed by atoms with Gasteiger partial charge in [0.15, 0.2) is 0 Å². The summed E-state index contributed by atoms with van der Waals surface area (Å²) in [7, 11) is 0. The molecule has 0 bridgehead atoms. The van der Waals surface area contributed by atoms with Gasteiger partial charge in [-0.1, -0.05) is 26.2 Å². The van der Waals surface area contributed by atoms with Gasteiger partial charge in [0.25, 0.3) is 0 Å². The molecule has 2 N–H and O–H groups in total. The van der Waals surface area contributed by atoms with Gasteiger partial charge in [0.05, 0.1) is 6.61 Å². The topological polar surface area (TPSA) is 72.0 Å². The minimum Gasteiger partial charge on any atom is -0.463 e. The van der Waals surface area contributed by atoms with Gasteiger partial charge in [0, 0.05) is 12.6 Å². The monoisotopic (exact) mass is 279 g/mol. The molecule has 6 heteroatoms. The first kappa shape index (κ1) is 14.8. The average molecular weight is 279 g/mol. The fourth-order valence-corrected chi connectivity index (χ4v) is 2.35. The van der Waals surface area contributed by atoms with Crippen molar-refractivity contribution in [2.24, 2.45) is 0 Å². The number of ether oxygens (including phenoxy) is 1. The Morgan fingerprint density at radius 1 is 1.05 bits per heavy atom. The maximum absolute atomic E-state index is 5.53. The van der Waals surface area contributed by atoms with Gasteiger partial charge in [0.2, 0.25) is 11.9 Å². The van der Waals surface area contributed by atoms with Gasteiger partial charge >= 0.3 is 6.01 Å². The minimum atomic E-state index is 0.399. The molecule has 0 spiro atoms. The maximum Gasteiger partial charge on any atom is 0.323 e. The lowest BCUT2D eigenvalue weighted by Gasteiger charge is -2.22. The minimum absolute atomic E-state index is 0.399. The Hall–Kier alpha value is -1.59. The summed E-state index contributed by atoms with van der Waals surface area (Å²) in [6, 6.07) is 0.871. The molecule has 1 aliphatic carbocycles. The Balaban J connectivity index is 2.06. The molecular weight excluding hydrogens is 254 g/mol. The molecule has 0 saturated heterocycles. The molecule has 1 aromatic rings. The lowest BCUT2D eigenvalue weighted by atomic mass is 9.96. The predicted octanol–water partition coefficient (Wildman–Crippen LogP) is 2.84. The number of aromatic nitrogens is 3. The van der Waals surface area contributed by atoms with Gasteiger partial charge in [-0.3, -0.25) is 0 Å². The second-order valence-electron chi connectivity index (χ2n) is 5.12. The van der Waals surface area contributed by atoms with Crippen LogP contribution in [0.1, 0.15) is 52.4 Å². The van der Waals surface area contributed by atoms with Crippen LogP contribution in [0.25, 0.3) is 0 Å². The van der Waals surface area contributed by atoms with E-state index in [1.807, 2.05) is 6.92 Å². The van der Waals surface area contributed by atoms with Gasteiger partial charge in [-0.05, 0) is 26.2 Å². The maximum atomic E-state index is 5.53. The van der Waals surface area contributed by atoms with Crippen molar-refractivity contribution in [2.45, 2.75) is 58.4 Å². The van der Waals surface area contributed by atoms with Crippen molar-refractivity contribution in [3.63, 3.8) is 0 Å². The molecule has 112 valence electrons. The number of nitrogens with one attached hydrogen (secondary N) is 2. The van der Waals surface area contributed by atoms with Crippen LogP contribution in [0, 0.1) is 0 Å². The van der Waals surface area contributed by atoms with E-state index >= 15 is 0 Å². The molecule has 1 heterocycles. The normalized spacial score (nSPS) is 15.9. The molecule has 1 fully saturated rings. The SMILES string of the molecule is CCCOc1nc(NCC)nc(NC2CCCCC2)n1. The summed E-state index contributed by atoms with van der Waals surface area (Å²) in [6.45, 7) is 5.48. The summed E-state index contributed by atoms with van der Waals surface area (Å²) in [6.07, 6.45) is 7.21. The molecule has 0 radical (unpaired) electrons. The number of rotatable bonds is 7. The van der Waals surface area contributed by atoms with E-state index in [-0.39, 0.29) is 0 Å². The summed E-state index contributed by atoms with van der Waals surface area (Å²) < 4.78 is 5.53. The molecule has 0 atom stereocenters. The summed E-state index contributed by atoms with van der Waals surface area (Å²) in [4.78, 5) is 13.0. The molecule has 1 saturated carbocycles. The smallest absolute Gasteiger partial charge is 0.323 e. The molecule has 0 unspecified atom stereocenters. The van der Waals surface area contributed by atoms with E-state index in [4.69, 9.17) is 4.74 Å². The Labute approximate surface area is 120 Å². The van der Waals surface area contributed by atoms with Crippen LogP contribution in [0.3, 0.4) is 0 Å². The van der Waals surface area contributed by atoms with E-state index < -0.39 is 0 Å². The first-order chi connectivity index (χ1) is 9.81.